The Morgan fingerprint density at radius 1 is 1.52 bits per heavy atom. The van der Waals surface area contributed by atoms with Gasteiger partial charge in [0.1, 0.15) is 11.4 Å². The molecule has 1 amide bonds. The minimum absolute atomic E-state index is 0.0348. The Labute approximate surface area is 124 Å². The van der Waals surface area contributed by atoms with Gasteiger partial charge in [0.2, 0.25) is 0 Å². The van der Waals surface area contributed by atoms with E-state index in [1.807, 2.05) is 20.8 Å². The molecule has 118 valence electrons. The number of carbonyl (C=O) groups excluding carboxylic acids is 1. The van der Waals surface area contributed by atoms with E-state index in [0.717, 1.165) is 5.76 Å². The molecule has 2 atom stereocenters. The zero-order valence-corrected chi connectivity index (χ0v) is 13.0. The molecule has 2 heterocycles. The fourth-order valence-corrected chi connectivity index (χ4v) is 2.25. The molecule has 1 aliphatic heterocycles. The lowest BCUT2D eigenvalue weighted by Crippen LogP contribution is -2.40. The molecule has 21 heavy (non-hydrogen) atoms. The second kappa shape index (κ2) is 6.44. The lowest BCUT2D eigenvalue weighted by atomic mass is 10.2. The molecule has 1 N–H and O–H groups in total. The summed E-state index contributed by atoms with van der Waals surface area (Å²) in [6, 6.07) is 0.0348. The lowest BCUT2D eigenvalue weighted by molar-refractivity contribution is 0.0252. The summed E-state index contributed by atoms with van der Waals surface area (Å²) < 4.78 is 16.0. The maximum atomic E-state index is 12.1. The van der Waals surface area contributed by atoms with Crippen molar-refractivity contribution in [3.05, 3.63) is 18.4 Å². The fourth-order valence-electron chi connectivity index (χ4n) is 2.25. The van der Waals surface area contributed by atoms with Gasteiger partial charge in [-0.2, -0.15) is 0 Å². The van der Waals surface area contributed by atoms with Gasteiger partial charge in [0.15, 0.2) is 6.39 Å². The Bertz CT molecular complexity index is 455. The van der Waals surface area contributed by atoms with E-state index in [4.69, 9.17) is 13.9 Å². The number of aromatic nitrogens is 1. The quantitative estimate of drug-likeness (QED) is 0.905. The van der Waals surface area contributed by atoms with Crippen LogP contribution in [-0.4, -0.2) is 53.9 Å². The van der Waals surface area contributed by atoms with Crippen molar-refractivity contribution in [1.82, 2.24) is 15.2 Å². The normalized spacial score (nSPS) is 22.6. The van der Waals surface area contributed by atoms with E-state index >= 15 is 0 Å². The molecule has 1 aromatic rings. The van der Waals surface area contributed by atoms with Gasteiger partial charge in [0, 0.05) is 13.7 Å². The molecule has 1 aliphatic rings. The van der Waals surface area contributed by atoms with E-state index in [0.29, 0.717) is 19.6 Å². The van der Waals surface area contributed by atoms with Gasteiger partial charge in [-0.1, -0.05) is 0 Å². The summed E-state index contributed by atoms with van der Waals surface area (Å²) in [5.74, 6) is 0.751. The highest BCUT2D eigenvalue weighted by Crippen LogP contribution is 2.18. The molecule has 2 rings (SSSR count). The van der Waals surface area contributed by atoms with Gasteiger partial charge in [-0.25, -0.2) is 9.78 Å². The maximum Gasteiger partial charge on any atom is 0.410 e. The van der Waals surface area contributed by atoms with E-state index in [1.165, 1.54) is 6.39 Å². The van der Waals surface area contributed by atoms with Crippen LogP contribution in [0.25, 0.3) is 0 Å². The minimum atomic E-state index is -0.495. The summed E-state index contributed by atoms with van der Waals surface area (Å²) in [6.45, 7) is 7.17. The van der Waals surface area contributed by atoms with Crippen LogP contribution in [-0.2, 0) is 16.0 Å². The van der Waals surface area contributed by atoms with Gasteiger partial charge >= 0.3 is 6.09 Å². The number of rotatable bonds is 4. The highest BCUT2D eigenvalue weighted by Gasteiger charge is 2.37. The second-order valence-corrected chi connectivity index (χ2v) is 6.11. The molecule has 0 saturated carbocycles. The molecule has 0 spiro atoms. The second-order valence-electron chi connectivity index (χ2n) is 6.11. The summed E-state index contributed by atoms with van der Waals surface area (Å²) in [4.78, 5) is 17.6. The van der Waals surface area contributed by atoms with Crippen LogP contribution in [0.1, 0.15) is 26.5 Å². The first-order valence-electron chi connectivity index (χ1n) is 7.00. The molecule has 0 radical (unpaired) electrons. The van der Waals surface area contributed by atoms with Crippen LogP contribution in [0.15, 0.2) is 17.0 Å². The third-order valence-corrected chi connectivity index (χ3v) is 3.24. The molecule has 0 aliphatic carbocycles. The first kappa shape index (κ1) is 15.8. The monoisotopic (exact) mass is 297 g/mol. The SMILES string of the molecule is CO[C@H]1CN(C(=O)OC(C)(C)C)CC1NCc1cnco1. The Kier molecular flexibility index (Phi) is 4.84. The standard InChI is InChI=1S/C14H23N3O4/c1-14(2,3)21-13(18)17-7-11(12(8-17)19-4)16-6-10-5-15-9-20-10/h5,9,11-12,16H,6-8H2,1-4H3/t11?,12-/m0/s1. The summed E-state index contributed by atoms with van der Waals surface area (Å²) in [7, 11) is 1.65. The molecule has 1 unspecified atom stereocenters. The highest BCUT2D eigenvalue weighted by molar-refractivity contribution is 5.68. The number of likely N-dealkylation sites (tertiary alicyclic amines) is 1. The molecule has 7 heteroatoms. The summed E-state index contributed by atoms with van der Waals surface area (Å²) in [5.41, 5.74) is -0.495. The highest BCUT2D eigenvalue weighted by atomic mass is 16.6. The Balaban J connectivity index is 1.89. The molecule has 1 fully saturated rings. The number of methoxy groups -OCH3 is 1. The predicted molar refractivity (Wildman–Crippen MR) is 75.7 cm³/mol. The molecular weight excluding hydrogens is 274 g/mol. The Morgan fingerprint density at radius 2 is 2.29 bits per heavy atom. The predicted octanol–water partition coefficient (Wildman–Crippen LogP) is 1.40. The number of hydrogen-bond acceptors (Lipinski definition) is 6. The Morgan fingerprint density at radius 3 is 2.86 bits per heavy atom. The van der Waals surface area contributed by atoms with Crippen LogP contribution in [0, 0.1) is 0 Å². The third kappa shape index (κ3) is 4.44. The van der Waals surface area contributed by atoms with Crippen LogP contribution in [0.2, 0.25) is 0 Å². The van der Waals surface area contributed by atoms with Crippen LogP contribution >= 0.6 is 0 Å². The van der Waals surface area contributed by atoms with Crippen molar-refractivity contribution in [2.75, 3.05) is 20.2 Å². The summed E-state index contributed by atoms with van der Waals surface area (Å²) in [6.07, 6.45) is 2.68. The van der Waals surface area contributed by atoms with Gasteiger partial charge in [-0.05, 0) is 20.8 Å². The number of nitrogens with one attached hydrogen (secondary N) is 1. The average Bonchev–Trinajstić information content (AvgIpc) is 3.03. The van der Waals surface area contributed by atoms with Crippen LogP contribution in [0.5, 0.6) is 0 Å². The minimum Gasteiger partial charge on any atom is -0.447 e. The van der Waals surface area contributed by atoms with Crippen LogP contribution in [0.3, 0.4) is 0 Å². The van der Waals surface area contributed by atoms with E-state index in [2.05, 4.69) is 10.3 Å². The zero-order valence-electron chi connectivity index (χ0n) is 13.0. The van der Waals surface area contributed by atoms with E-state index in [1.54, 1.807) is 18.2 Å². The van der Waals surface area contributed by atoms with Crippen molar-refractivity contribution in [1.29, 1.82) is 0 Å². The van der Waals surface area contributed by atoms with Crippen molar-refractivity contribution in [3.8, 4) is 0 Å². The van der Waals surface area contributed by atoms with Gasteiger partial charge < -0.3 is 24.1 Å². The van der Waals surface area contributed by atoms with E-state index in [-0.39, 0.29) is 18.2 Å². The van der Waals surface area contributed by atoms with Crippen LogP contribution < -0.4 is 5.32 Å². The number of ether oxygens (including phenoxy) is 2. The maximum absolute atomic E-state index is 12.1. The number of amides is 1. The number of nitrogens with zero attached hydrogens (tertiary/aromatic N) is 2. The molecule has 1 aromatic heterocycles. The molecular formula is C14H23N3O4. The first-order chi connectivity index (χ1) is 9.89. The molecule has 1 saturated heterocycles. The smallest absolute Gasteiger partial charge is 0.410 e. The fraction of sp³-hybridized carbons (Fsp3) is 0.714. The third-order valence-electron chi connectivity index (χ3n) is 3.24. The van der Waals surface area contributed by atoms with Crippen molar-refractivity contribution in [2.24, 2.45) is 0 Å². The molecule has 7 nitrogen and oxygen atoms in total. The van der Waals surface area contributed by atoms with Crippen molar-refractivity contribution in [2.45, 2.75) is 45.1 Å². The summed E-state index contributed by atoms with van der Waals surface area (Å²) in [5, 5.41) is 3.32. The number of hydrogen-bond donors (Lipinski definition) is 1. The van der Waals surface area contributed by atoms with Gasteiger partial charge in [0.05, 0.1) is 31.4 Å². The lowest BCUT2D eigenvalue weighted by Gasteiger charge is -2.24. The Hall–Kier alpha value is -1.60. The van der Waals surface area contributed by atoms with Gasteiger partial charge in [0.25, 0.3) is 0 Å². The van der Waals surface area contributed by atoms with E-state index < -0.39 is 5.60 Å². The first-order valence-corrected chi connectivity index (χ1v) is 7.00. The van der Waals surface area contributed by atoms with Crippen molar-refractivity contribution < 1.29 is 18.7 Å². The summed E-state index contributed by atoms with van der Waals surface area (Å²) >= 11 is 0. The molecule has 0 aromatic carbocycles. The largest absolute Gasteiger partial charge is 0.447 e. The zero-order chi connectivity index (χ0) is 15.5. The molecule has 0 bridgehead atoms. The van der Waals surface area contributed by atoms with E-state index in [9.17, 15) is 4.79 Å². The van der Waals surface area contributed by atoms with Crippen LogP contribution in [0.4, 0.5) is 4.79 Å². The number of oxazole rings is 1. The van der Waals surface area contributed by atoms with Gasteiger partial charge in [-0.15, -0.1) is 0 Å². The topological polar surface area (TPSA) is 76.8 Å². The average molecular weight is 297 g/mol. The van der Waals surface area contributed by atoms with Gasteiger partial charge in [-0.3, -0.25) is 0 Å². The van der Waals surface area contributed by atoms with Crippen molar-refractivity contribution >= 4 is 6.09 Å². The van der Waals surface area contributed by atoms with Crippen molar-refractivity contribution in [3.63, 3.8) is 0 Å². The number of carbonyl (C=O) groups is 1.